The highest BCUT2D eigenvalue weighted by Gasteiger charge is 2.12. The van der Waals surface area contributed by atoms with Gasteiger partial charge in [-0.2, -0.15) is 4.68 Å². The third-order valence-corrected chi connectivity index (χ3v) is 5.12. The van der Waals surface area contributed by atoms with Crippen LogP contribution in [-0.4, -0.2) is 25.2 Å². The molecule has 2 aromatic carbocycles. The minimum atomic E-state index is -0.292. The summed E-state index contributed by atoms with van der Waals surface area (Å²) in [4.78, 5) is 4.45. The van der Waals surface area contributed by atoms with Crippen LogP contribution in [0.3, 0.4) is 0 Å². The van der Waals surface area contributed by atoms with Crippen molar-refractivity contribution in [1.82, 2.24) is 25.2 Å². The number of rotatable bonds is 5. The molecule has 0 bridgehead atoms. The van der Waals surface area contributed by atoms with E-state index in [2.05, 4.69) is 40.4 Å². The first kappa shape index (κ1) is 17.4. The number of aromatic nitrogens is 5. The first-order chi connectivity index (χ1) is 13.1. The van der Waals surface area contributed by atoms with Crippen molar-refractivity contribution >= 4 is 11.8 Å². The smallest absolute Gasteiger partial charge is 0.226 e. The lowest BCUT2D eigenvalue weighted by Crippen LogP contribution is -2.00. The zero-order chi connectivity index (χ0) is 18.8. The Kier molecular flexibility index (Phi) is 4.72. The average Bonchev–Trinajstić information content (AvgIpc) is 3.32. The number of benzene rings is 2. The molecule has 8 heteroatoms. The van der Waals surface area contributed by atoms with E-state index in [9.17, 15) is 4.39 Å². The maximum atomic E-state index is 13.0. The van der Waals surface area contributed by atoms with Gasteiger partial charge in [0.05, 0.1) is 11.4 Å². The second-order valence-corrected chi connectivity index (χ2v) is 7.02. The SMILES string of the molecule is Cc1ccc(-n2nnnc2SCc2coc(-c3ccc(F)cc3)n2)cc1C. The molecule has 0 unspecified atom stereocenters. The van der Waals surface area contributed by atoms with Gasteiger partial charge in [0, 0.05) is 11.3 Å². The zero-order valence-corrected chi connectivity index (χ0v) is 15.6. The molecule has 0 fully saturated rings. The number of tetrazole rings is 1. The molecule has 4 aromatic rings. The van der Waals surface area contributed by atoms with Crippen molar-refractivity contribution in [3.8, 4) is 17.1 Å². The van der Waals surface area contributed by atoms with E-state index in [0.717, 1.165) is 16.9 Å². The van der Waals surface area contributed by atoms with E-state index in [1.165, 1.54) is 35.0 Å². The number of halogens is 1. The molecular formula is C19H16FN5OS. The van der Waals surface area contributed by atoms with Crippen molar-refractivity contribution in [3.63, 3.8) is 0 Å². The highest BCUT2D eigenvalue weighted by Crippen LogP contribution is 2.25. The maximum Gasteiger partial charge on any atom is 0.226 e. The zero-order valence-electron chi connectivity index (χ0n) is 14.8. The molecule has 27 heavy (non-hydrogen) atoms. The molecule has 0 aliphatic rings. The third kappa shape index (κ3) is 3.75. The fourth-order valence-corrected chi connectivity index (χ4v) is 3.29. The summed E-state index contributed by atoms with van der Waals surface area (Å²) in [6.45, 7) is 4.13. The largest absolute Gasteiger partial charge is 0.444 e. The molecule has 2 heterocycles. The second kappa shape index (κ2) is 7.32. The Hall–Kier alpha value is -3.00. The van der Waals surface area contributed by atoms with E-state index in [1.807, 2.05) is 12.1 Å². The standard InChI is InChI=1S/C19H16FN5OS/c1-12-3-8-17(9-13(12)2)25-19(22-23-24-25)27-11-16-10-26-18(21-16)14-4-6-15(20)7-5-14/h3-10H,11H2,1-2H3. The van der Waals surface area contributed by atoms with Crippen LogP contribution < -0.4 is 0 Å². The molecule has 0 saturated carbocycles. The first-order valence-electron chi connectivity index (χ1n) is 8.29. The molecule has 0 amide bonds. The Bertz CT molecular complexity index is 1070. The molecule has 2 aromatic heterocycles. The van der Waals surface area contributed by atoms with Gasteiger partial charge in [-0.3, -0.25) is 0 Å². The summed E-state index contributed by atoms with van der Waals surface area (Å²) in [5.41, 5.74) is 4.80. The summed E-state index contributed by atoms with van der Waals surface area (Å²) in [7, 11) is 0. The Morgan fingerprint density at radius 1 is 1.07 bits per heavy atom. The number of hydrogen-bond acceptors (Lipinski definition) is 6. The van der Waals surface area contributed by atoms with Crippen LogP contribution in [0, 0.1) is 19.7 Å². The molecule has 0 aliphatic heterocycles. The lowest BCUT2D eigenvalue weighted by Gasteiger charge is -2.06. The summed E-state index contributed by atoms with van der Waals surface area (Å²) >= 11 is 1.47. The lowest BCUT2D eigenvalue weighted by atomic mass is 10.1. The fraction of sp³-hybridized carbons (Fsp3) is 0.158. The van der Waals surface area contributed by atoms with E-state index in [1.54, 1.807) is 23.1 Å². The molecule has 0 aliphatic carbocycles. The summed E-state index contributed by atoms with van der Waals surface area (Å²) in [6.07, 6.45) is 1.59. The predicted octanol–water partition coefficient (Wildman–Crippen LogP) is 4.37. The van der Waals surface area contributed by atoms with Crippen molar-refractivity contribution in [2.24, 2.45) is 0 Å². The molecule has 4 rings (SSSR count). The first-order valence-corrected chi connectivity index (χ1v) is 9.28. The minimum Gasteiger partial charge on any atom is -0.444 e. The summed E-state index contributed by atoms with van der Waals surface area (Å²) in [6, 6.07) is 12.1. The van der Waals surface area contributed by atoms with E-state index in [0.29, 0.717) is 16.8 Å². The minimum absolute atomic E-state index is 0.292. The highest BCUT2D eigenvalue weighted by atomic mass is 32.2. The topological polar surface area (TPSA) is 69.6 Å². The van der Waals surface area contributed by atoms with Gasteiger partial charge in [0.15, 0.2) is 0 Å². The number of nitrogens with zero attached hydrogens (tertiary/aromatic N) is 5. The molecular weight excluding hydrogens is 365 g/mol. The van der Waals surface area contributed by atoms with Crippen molar-refractivity contribution in [1.29, 1.82) is 0 Å². The van der Waals surface area contributed by atoms with Crippen molar-refractivity contribution in [2.75, 3.05) is 0 Å². The maximum absolute atomic E-state index is 13.0. The van der Waals surface area contributed by atoms with Crippen molar-refractivity contribution < 1.29 is 8.81 Å². The van der Waals surface area contributed by atoms with Crippen LogP contribution in [0.25, 0.3) is 17.1 Å². The Morgan fingerprint density at radius 3 is 2.67 bits per heavy atom. The Morgan fingerprint density at radius 2 is 1.89 bits per heavy atom. The van der Waals surface area contributed by atoms with Gasteiger partial charge in [0.25, 0.3) is 0 Å². The van der Waals surface area contributed by atoms with Crippen LogP contribution in [0.4, 0.5) is 4.39 Å². The highest BCUT2D eigenvalue weighted by molar-refractivity contribution is 7.98. The summed E-state index contributed by atoms with van der Waals surface area (Å²) < 4.78 is 20.2. The van der Waals surface area contributed by atoms with E-state index >= 15 is 0 Å². The average molecular weight is 381 g/mol. The Labute approximate surface area is 159 Å². The number of thioether (sulfide) groups is 1. The lowest BCUT2D eigenvalue weighted by molar-refractivity contribution is 0.573. The molecule has 0 saturated heterocycles. The number of oxazole rings is 1. The molecule has 0 spiro atoms. The van der Waals surface area contributed by atoms with Crippen molar-refractivity contribution in [2.45, 2.75) is 24.8 Å². The predicted molar refractivity (Wildman–Crippen MR) is 100 cm³/mol. The van der Waals surface area contributed by atoms with Crippen LogP contribution in [0.5, 0.6) is 0 Å². The molecule has 0 N–H and O–H groups in total. The molecule has 136 valence electrons. The number of hydrogen-bond donors (Lipinski definition) is 0. The van der Waals surface area contributed by atoms with E-state index < -0.39 is 0 Å². The van der Waals surface area contributed by atoms with Gasteiger partial charge in [0.1, 0.15) is 12.1 Å². The van der Waals surface area contributed by atoms with Crippen molar-refractivity contribution in [3.05, 3.63) is 71.4 Å². The van der Waals surface area contributed by atoms with Gasteiger partial charge in [-0.05, 0) is 71.8 Å². The number of aryl methyl sites for hydroxylation is 2. The molecule has 0 radical (unpaired) electrons. The van der Waals surface area contributed by atoms with Gasteiger partial charge < -0.3 is 4.42 Å². The van der Waals surface area contributed by atoms with Crippen LogP contribution in [0.15, 0.2) is 58.3 Å². The molecule has 0 atom stereocenters. The van der Waals surface area contributed by atoms with Gasteiger partial charge >= 0.3 is 0 Å². The quantitative estimate of drug-likeness (QED) is 0.478. The van der Waals surface area contributed by atoms with Gasteiger partial charge in [-0.15, -0.1) is 5.10 Å². The van der Waals surface area contributed by atoms with Crippen LogP contribution >= 0.6 is 11.8 Å². The summed E-state index contributed by atoms with van der Waals surface area (Å²) in [5.74, 6) is 0.717. The third-order valence-electron chi connectivity index (χ3n) is 4.17. The van der Waals surface area contributed by atoms with Crippen LogP contribution in [-0.2, 0) is 5.75 Å². The Balaban J connectivity index is 1.49. The van der Waals surface area contributed by atoms with Crippen LogP contribution in [0.1, 0.15) is 16.8 Å². The van der Waals surface area contributed by atoms with Crippen LogP contribution in [0.2, 0.25) is 0 Å². The monoisotopic (exact) mass is 381 g/mol. The van der Waals surface area contributed by atoms with E-state index in [-0.39, 0.29) is 5.82 Å². The normalized spacial score (nSPS) is 11.1. The second-order valence-electron chi connectivity index (χ2n) is 6.08. The van der Waals surface area contributed by atoms with Gasteiger partial charge in [-0.1, -0.05) is 17.8 Å². The molecule has 6 nitrogen and oxygen atoms in total. The fourth-order valence-electron chi connectivity index (χ4n) is 2.53. The van der Waals surface area contributed by atoms with E-state index in [4.69, 9.17) is 4.42 Å². The van der Waals surface area contributed by atoms with Gasteiger partial charge in [-0.25, -0.2) is 9.37 Å². The van der Waals surface area contributed by atoms with Gasteiger partial charge in [0.2, 0.25) is 11.0 Å². The summed E-state index contributed by atoms with van der Waals surface area (Å²) in [5, 5.41) is 12.6.